The predicted octanol–water partition coefficient (Wildman–Crippen LogP) is 3.20. The number of para-hydroxylation sites is 1. The Bertz CT molecular complexity index is 1190. The van der Waals surface area contributed by atoms with Crippen LogP contribution in [-0.2, 0) is 9.59 Å². The molecule has 0 saturated heterocycles. The van der Waals surface area contributed by atoms with Gasteiger partial charge in [-0.3, -0.25) is 20.2 Å². The number of anilines is 2. The number of guanidine groups is 1. The van der Waals surface area contributed by atoms with E-state index in [9.17, 15) is 9.59 Å². The van der Waals surface area contributed by atoms with E-state index >= 15 is 0 Å². The fraction of sp³-hybridized carbons (Fsp3) is 0.190. The Morgan fingerprint density at radius 3 is 2.77 bits per heavy atom. The second kappa shape index (κ2) is 8.08. The smallest absolute Gasteiger partial charge is 0.249 e. The normalized spacial score (nSPS) is 16.0. The van der Waals surface area contributed by atoms with Crippen LogP contribution in [0.1, 0.15) is 17.7 Å². The molecular formula is C21H19ClN6O2. The number of rotatable bonds is 3. The Morgan fingerprint density at radius 1 is 1.17 bits per heavy atom. The number of benzene rings is 2. The van der Waals surface area contributed by atoms with Crippen LogP contribution in [0.25, 0.3) is 10.9 Å². The molecule has 1 aliphatic rings. The van der Waals surface area contributed by atoms with Crippen molar-refractivity contribution in [3.05, 3.63) is 58.7 Å². The van der Waals surface area contributed by atoms with E-state index in [0.717, 1.165) is 22.2 Å². The summed E-state index contributed by atoms with van der Waals surface area (Å²) < 4.78 is 0. The fourth-order valence-electron chi connectivity index (χ4n) is 3.10. The maximum atomic E-state index is 12.6. The summed E-state index contributed by atoms with van der Waals surface area (Å²) in [5.74, 6) is -0.313. The van der Waals surface area contributed by atoms with E-state index in [1.807, 2.05) is 38.1 Å². The standard InChI is InChI=1S/C21H19ClN6O2/c1-11-7-8-13(9-15(11)22)24-19(30)17-10-18(29)27-21(26-17)28-20-23-12(2)14-5-3-4-6-16(14)25-20/h3-9,17H,10H2,1-2H3,(H,24,30)(H2,23,25,26,27,28,29)/t17-/m1/s1. The van der Waals surface area contributed by atoms with Gasteiger partial charge in [-0.05, 0) is 37.6 Å². The number of nitrogens with zero attached hydrogens (tertiary/aromatic N) is 3. The Morgan fingerprint density at radius 2 is 1.97 bits per heavy atom. The highest BCUT2D eigenvalue weighted by molar-refractivity contribution is 6.31. The van der Waals surface area contributed by atoms with Gasteiger partial charge in [-0.1, -0.05) is 35.9 Å². The number of hydrogen-bond acceptors (Lipinski definition) is 6. The van der Waals surface area contributed by atoms with Crippen LogP contribution in [0.2, 0.25) is 5.02 Å². The van der Waals surface area contributed by atoms with Gasteiger partial charge in [0, 0.05) is 16.1 Å². The Hall–Kier alpha value is -3.52. The van der Waals surface area contributed by atoms with E-state index in [2.05, 4.69) is 30.9 Å². The molecule has 1 aliphatic heterocycles. The molecule has 0 unspecified atom stereocenters. The van der Waals surface area contributed by atoms with Gasteiger partial charge in [-0.2, -0.15) is 0 Å². The average Bonchev–Trinajstić information content (AvgIpc) is 2.70. The molecule has 1 atom stereocenters. The van der Waals surface area contributed by atoms with E-state index in [1.54, 1.807) is 18.2 Å². The zero-order valence-electron chi connectivity index (χ0n) is 16.4. The molecule has 9 heteroatoms. The molecule has 0 fully saturated rings. The summed E-state index contributed by atoms with van der Waals surface area (Å²) in [6, 6.07) is 11.9. The van der Waals surface area contributed by atoms with Gasteiger partial charge in [0.1, 0.15) is 6.04 Å². The lowest BCUT2D eigenvalue weighted by Gasteiger charge is -2.21. The van der Waals surface area contributed by atoms with Crippen molar-refractivity contribution in [1.29, 1.82) is 0 Å². The van der Waals surface area contributed by atoms with E-state index in [1.165, 1.54) is 0 Å². The van der Waals surface area contributed by atoms with Crippen molar-refractivity contribution in [2.24, 2.45) is 4.99 Å². The number of hydrogen-bond donors (Lipinski definition) is 3. The molecule has 0 saturated carbocycles. The van der Waals surface area contributed by atoms with Crippen molar-refractivity contribution in [3.63, 3.8) is 0 Å². The highest BCUT2D eigenvalue weighted by Gasteiger charge is 2.27. The molecule has 152 valence electrons. The molecule has 0 aliphatic carbocycles. The predicted molar refractivity (Wildman–Crippen MR) is 117 cm³/mol. The van der Waals surface area contributed by atoms with Crippen LogP contribution < -0.4 is 16.0 Å². The Kier molecular flexibility index (Phi) is 5.33. The molecule has 0 bridgehead atoms. The van der Waals surface area contributed by atoms with Crippen molar-refractivity contribution in [1.82, 2.24) is 15.3 Å². The van der Waals surface area contributed by atoms with Crippen molar-refractivity contribution in [2.75, 3.05) is 10.6 Å². The summed E-state index contributed by atoms with van der Waals surface area (Å²) in [7, 11) is 0. The molecule has 0 spiro atoms. The molecule has 0 radical (unpaired) electrons. The molecule has 2 amide bonds. The van der Waals surface area contributed by atoms with Gasteiger partial charge in [0.2, 0.25) is 23.7 Å². The summed E-state index contributed by atoms with van der Waals surface area (Å²) >= 11 is 6.11. The molecule has 1 aromatic heterocycles. The van der Waals surface area contributed by atoms with Crippen LogP contribution in [0.3, 0.4) is 0 Å². The minimum absolute atomic E-state index is 0.0613. The number of carbonyl (C=O) groups is 2. The third-order valence-corrected chi connectivity index (χ3v) is 5.09. The molecule has 2 aromatic carbocycles. The topological polar surface area (TPSA) is 108 Å². The van der Waals surface area contributed by atoms with Crippen LogP contribution >= 0.6 is 11.6 Å². The maximum absolute atomic E-state index is 12.6. The highest BCUT2D eigenvalue weighted by Crippen LogP contribution is 2.21. The van der Waals surface area contributed by atoms with Gasteiger partial charge in [0.05, 0.1) is 17.6 Å². The first-order chi connectivity index (χ1) is 14.4. The minimum atomic E-state index is -0.886. The van der Waals surface area contributed by atoms with Crippen LogP contribution in [0, 0.1) is 13.8 Å². The van der Waals surface area contributed by atoms with Crippen LogP contribution in [-0.4, -0.2) is 33.8 Å². The van der Waals surface area contributed by atoms with E-state index < -0.39 is 11.9 Å². The number of aryl methyl sites for hydroxylation is 2. The van der Waals surface area contributed by atoms with Gasteiger partial charge in [-0.25, -0.2) is 15.0 Å². The SMILES string of the molecule is Cc1ccc(NC(=O)[C@H]2CC(=O)NC(Nc3nc(C)c4ccccc4n3)=N2)cc1Cl. The maximum Gasteiger partial charge on any atom is 0.249 e. The van der Waals surface area contributed by atoms with E-state index in [4.69, 9.17) is 11.6 Å². The van der Waals surface area contributed by atoms with Gasteiger partial charge >= 0.3 is 0 Å². The third kappa shape index (κ3) is 4.23. The highest BCUT2D eigenvalue weighted by atomic mass is 35.5. The molecule has 3 aromatic rings. The number of aliphatic imine (C=N–C) groups is 1. The lowest BCUT2D eigenvalue weighted by Crippen LogP contribution is -2.46. The number of halogens is 1. The van der Waals surface area contributed by atoms with Gasteiger partial charge in [0.15, 0.2) is 0 Å². The lowest BCUT2D eigenvalue weighted by molar-refractivity contribution is -0.124. The molecule has 2 heterocycles. The van der Waals surface area contributed by atoms with Crippen molar-refractivity contribution < 1.29 is 9.59 Å². The van der Waals surface area contributed by atoms with Crippen molar-refractivity contribution in [2.45, 2.75) is 26.3 Å². The number of nitrogens with one attached hydrogen (secondary N) is 3. The zero-order valence-corrected chi connectivity index (χ0v) is 17.1. The van der Waals surface area contributed by atoms with Crippen LogP contribution in [0.4, 0.5) is 11.6 Å². The van der Waals surface area contributed by atoms with E-state index in [-0.39, 0.29) is 24.2 Å². The quantitative estimate of drug-likeness (QED) is 0.600. The lowest BCUT2D eigenvalue weighted by atomic mass is 10.1. The first-order valence-corrected chi connectivity index (χ1v) is 9.72. The second-order valence-electron chi connectivity index (χ2n) is 6.97. The van der Waals surface area contributed by atoms with Gasteiger partial charge in [0.25, 0.3) is 0 Å². The summed E-state index contributed by atoms with van der Waals surface area (Å²) in [5, 5.41) is 9.75. The summed E-state index contributed by atoms with van der Waals surface area (Å²) in [5.41, 5.74) is 3.00. The van der Waals surface area contributed by atoms with Gasteiger partial charge < -0.3 is 5.32 Å². The van der Waals surface area contributed by atoms with Crippen LogP contribution in [0.15, 0.2) is 47.5 Å². The Labute approximate surface area is 177 Å². The molecule has 4 rings (SSSR count). The van der Waals surface area contributed by atoms with Gasteiger partial charge in [-0.15, -0.1) is 0 Å². The van der Waals surface area contributed by atoms with Crippen LogP contribution in [0.5, 0.6) is 0 Å². The van der Waals surface area contributed by atoms with E-state index in [0.29, 0.717) is 10.7 Å². The van der Waals surface area contributed by atoms with Crippen molar-refractivity contribution >= 4 is 51.9 Å². The number of fused-ring (bicyclic) bond motifs is 1. The summed E-state index contributed by atoms with van der Waals surface area (Å²) in [4.78, 5) is 37.9. The third-order valence-electron chi connectivity index (χ3n) is 4.69. The fourth-order valence-corrected chi connectivity index (χ4v) is 3.28. The first kappa shape index (κ1) is 19.8. The second-order valence-corrected chi connectivity index (χ2v) is 7.38. The number of amides is 2. The molecule has 30 heavy (non-hydrogen) atoms. The number of aromatic nitrogens is 2. The summed E-state index contributed by atoms with van der Waals surface area (Å²) in [6.45, 7) is 3.75. The minimum Gasteiger partial charge on any atom is -0.324 e. The Balaban J connectivity index is 1.54. The van der Waals surface area contributed by atoms with Crippen molar-refractivity contribution in [3.8, 4) is 0 Å². The average molecular weight is 423 g/mol. The summed E-state index contributed by atoms with van der Waals surface area (Å²) in [6.07, 6.45) is -0.0613. The first-order valence-electron chi connectivity index (χ1n) is 9.34. The molecule has 8 nitrogen and oxygen atoms in total. The zero-order chi connectivity index (χ0) is 21.3. The largest absolute Gasteiger partial charge is 0.324 e. The number of carbonyl (C=O) groups excluding carboxylic acids is 2. The monoisotopic (exact) mass is 422 g/mol. The molecule has 3 N–H and O–H groups in total. The molecular weight excluding hydrogens is 404 g/mol.